The molecule has 0 saturated heterocycles. The summed E-state index contributed by atoms with van der Waals surface area (Å²) < 4.78 is 26.8. The minimum absolute atomic E-state index is 0.0585. The summed E-state index contributed by atoms with van der Waals surface area (Å²) in [6, 6.07) is 4.12. The van der Waals surface area contributed by atoms with E-state index in [1.165, 1.54) is 25.4 Å². The van der Waals surface area contributed by atoms with Crippen molar-refractivity contribution < 1.29 is 13.3 Å². The summed E-state index contributed by atoms with van der Waals surface area (Å²) in [6.07, 6.45) is 1.62. The minimum atomic E-state index is -3.97. The molecule has 0 spiro atoms. The minimum Gasteiger partial charge on any atom is -0.263 e. The monoisotopic (exact) mass is 311 g/mol. The van der Waals surface area contributed by atoms with Gasteiger partial charge in [-0.15, -0.1) is 0 Å². The molecule has 0 aliphatic rings. The number of nitro groups is 1. The molecule has 9 nitrogen and oxygen atoms in total. The van der Waals surface area contributed by atoms with E-state index >= 15 is 0 Å². The molecule has 0 unspecified atom stereocenters. The van der Waals surface area contributed by atoms with Crippen molar-refractivity contribution in [2.75, 3.05) is 6.54 Å². The van der Waals surface area contributed by atoms with Gasteiger partial charge in [0.2, 0.25) is 10.0 Å². The Morgan fingerprint density at radius 2 is 2.19 bits per heavy atom. The Balaban J connectivity index is 2.21. The first-order chi connectivity index (χ1) is 9.92. The average Bonchev–Trinajstić information content (AvgIpc) is 2.91. The predicted molar refractivity (Wildman–Crippen MR) is 73.1 cm³/mol. The summed E-state index contributed by atoms with van der Waals surface area (Å²) >= 11 is 0. The van der Waals surface area contributed by atoms with Crippen LogP contribution in [0.1, 0.15) is 11.4 Å². The third-order valence-electron chi connectivity index (χ3n) is 2.78. The highest BCUT2D eigenvalue weighted by Gasteiger charge is 2.27. The molecule has 0 aliphatic heterocycles. The Hall–Kier alpha value is -2.33. The molecule has 21 heavy (non-hydrogen) atoms. The zero-order chi connectivity index (χ0) is 15.5. The van der Waals surface area contributed by atoms with Gasteiger partial charge in [-0.25, -0.2) is 18.1 Å². The molecule has 2 aromatic rings. The third kappa shape index (κ3) is 3.41. The van der Waals surface area contributed by atoms with Gasteiger partial charge in [-0.1, -0.05) is 12.1 Å². The number of aryl methyl sites for hydroxylation is 1. The fraction of sp³-hybridized carbons (Fsp3) is 0.273. The van der Waals surface area contributed by atoms with Gasteiger partial charge in [-0.2, -0.15) is 5.10 Å². The van der Waals surface area contributed by atoms with Crippen LogP contribution in [0.25, 0.3) is 0 Å². The van der Waals surface area contributed by atoms with E-state index in [2.05, 4.69) is 19.9 Å². The first-order valence-electron chi connectivity index (χ1n) is 6.00. The van der Waals surface area contributed by atoms with E-state index in [1.54, 1.807) is 0 Å². The lowest BCUT2D eigenvalue weighted by atomic mass is 10.2. The molecule has 1 aromatic heterocycles. The van der Waals surface area contributed by atoms with Crippen LogP contribution in [0.15, 0.2) is 29.4 Å². The average molecular weight is 311 g/mol. The SMILES string of the molecule is Cc1cccc([N+](=O)[O-])c1S(=O)(=O)NCCc1ncn[nH]1. The van der Waals surface area contributed by atoms with Crippen molar-refractivity contribution in [3.8, 4) is 0 Å². The topological polar surface area (TPSA) is 131 Å². The second kappa shape index (κ2) is 5.97. The molecule has 10 heteroatoms. The molecule has 0 radical (unpaired) electrons. The van der Waals surface area contributed by atoms with Gasteiger partial charge in [-0.3, -0.25) is 15.2 Å². The van der Waals surface area contributed by atoms with Gasteiger partial charge < -0.3 is 0 Å². The number of nitrogens with one attached hydrogen (secondary N) is 2. The highest BCUT2D eigenvalue weighted by atomic mass is 32.2. The number of H-pyrrole nitrogens is 1. The molecule has 0 saturated carbocycles. The second-order valence-electron chi connectivity index (χ2n) is 4.26. The molecule has 0 amide bonds. The largest absolute Gasteiger partial charge is 0.289 e. The lowest BCUT2D eigenvalue weighted by molar-refractivity contribution is -0.387. The smallest absolute Gasteiger partial charge is 0.263 e. The molecule has 112 valence electrons. The molecular weight excluding hydrogens is 298 g/mol. The van der Waals surface area contributed by atoms with Crippen molar-refractivity contribution in [3.63, 3.8) is 0 Å². The summed E-state index contributed by atoms with van der Waals surface area (Å²) in [6.45, 7) is 1.57. The summed E-state index contributed by atoms with van der Waals surface area (Å²) in [5.41, 5.74) is -0.126. The van der Waals surface area contributed by atoms with Crippen LogP contribution in [-0.4, -0.2) is 35.1 Å². The van der Waals surface area contributed by atoms with Crippen molar-refractivity contribution >= 4 is 15.7 Å². The Kier molecular flexibility index (Phi) is 4.29. The molecule has 0 aliphatic carbocycles. The van der Waals surface area contributed by atoms with Crippen LogP contribution >= 0.6 is 0 Å². The molecule has 2 rings (SSSR count). The van der Waals surface area contributed by atoms with Gasteiger partial charge in [0.25, 0.3) is 5.69 Å². The Bertz CT molecular complexity index is 742. The maximum atomic E-state index is 12.2. The Morgan fingerprint density at radius 1 is 1.43 bits per heavy atom. The van der Waals surface area contributed by atoms with E-state index in [1.807, 2.05) is 0 Å². The first-order valence-corrected chi connectivity index (χ1v) is 7.48. The van der Waals surface area contributed by atoms with Gasteiger partial charge >= 0.3 is 0 Å². The molecule has 1 heterocycles. The lowest BCUT2D eigenvalue weighted by Gasteiger charge is -2.09. The molecule has 0 fully saturated rings. The van der Waals surface area contributed by atoms with E-state index in [-0.39, 0.29) is 11.4 Å². The van der Waals surface area contributed by atoms with E-state index in [9.17, 15) is 18.5 Å². The van der Waals surface area contributed by atoms with Crippen molar-refractivity contribution in [1.82, 2.24) is 19.9 Å². The van der Waals surface area contributed by atoms with Gasteiger partial charge in [0.15, 0.2) is 4.90 Å². The number of hydrogen-bond donors (Lipinski definition) is 2. The van der Waals surface area contributed by atoms with Crippen LogP contribution in [0.2, 0.25) is 0 Å². The van der Waals surface area contributed by atoms with E-state index < -0.39 is 20.6 Å². The highest BCUT2D eigenvalue weighted by molar-refractivity contribution is 7.89. The second-order valence-corrected chi connectivity index (χ2v) is 5.96. The molecule has 0 atom stereocenters. The van der Waals surface area contributed by atoms with E-state index in [0.717, 1.165) is 6.07 Å². The number of nitro benzene ring substituents is 1. The number of aromatic amines is 1. The first kappa shape index (κ1) is 15.1. The van der Waals surface area contributed by atoms with E-state index in [0.29, 0.717) is 17.8 Å². The normalized spacial score (nSPS) is 11.5. The predicted octanol–water partition coefficient (Wildman–Crippen LogP) is 0.542. The van der Waals surface area contributed by atoms with Gasteiger partial charge in [-0.05, 0) is 12.5 Å². The third-order valence-corrected chi connectivity index (χ3v) is 4.43. The van der Waals surface area contributed by atoms with Crippen molar-refractivity contribution in [3.05, 3.63) is 46.0 Å². The number of benzene rings is 1. The van der Waals surface area contributed by atoms with Crippen LogP contribution in [-0.2, 0) is 16.4 Å². The van der Waals surface area contributed by atoms with Crippen LogP contribution in [0.4, 0.5) is 5.69 Å². The van der Waals surface area contributed by atoms with Crippen molar-refractivity contribution in [2.45, 2.75) is 18.2 Å². The fourth-order valence-corrected chi connectivity index (χ4v) is 3.28. The number of rotatable bonds is 6. The van der Waals surface area contributed by atoms with Crippen LogP contribution in [0, 0.1) is 17.0 Å². The summed E-state index contributed by atoms with van der Waals surface area (Å²) in [7, 11) is -3.97. The Labute approximate surface area is 120 Å². The highest BCUT2D eigenvalue weighted by Crippen LogP contribution is 2.26. The fourth-order valence-electron chi connectivity index (χ4n) is 1.86. The van der Waals surface area contributed by atoms with Crippen LogP contribution in [0.3, 0.4) is 0 Å². The Morgan fingerprint density at radius 3 is 2.81 bits per heavy atom. The zero-order valence-electron chi connectivity index (χ0n) is 11.1. The summed E-state index contributed by atoms with van der Waals surface area (Å²) in [5.74, 6) is 0.525. The van der Waals surface area contributed by atoms with Gasteiger partial charge in [0.1, 0.15) is 12.2 Å². The standard InChI is InChI=1S/C11H13N5O4S/c1-8-3-2-4-9(16(17)18)11(8)21(19,20)14-6-5-10-12-7-13-15-10/h2-4,7,14H,5-6H2,1H3,(H,12,13,15). The number of nitrogens with zero attached hydrogens (tertiary/aromatic N) is 3. The summed E-state index contributed by atoms with van der Waals surface area (Å²) in [5, 5.41) is 17.2. The molecular formula is C11H13N5O4S. The summed E-state index contributed by atoms with van der Waals surface area (Å²) in [4.78, 5) is 13.8. The van der Waals surface area contributed by atoms with Gasteiger partial charge in [0.05, 0.1) is 4.92 Å². The molecule has 1 aromatic carbocycles. The van der Waals surface area contributed by atoms with Crippen LogP contribution in [0.5, 0.6) is 0 Å². The van der Waals surface area contributed by atoms with Crippen LogP contribution < -0.4 is 4.72 Å². The zero-order valence-corrected chi connectivity index (χ0v) is 11.9. The van der Waals surface area contributed by atoms with Gasteiger partial charge in [0, 0.05) is 19.0 Å². The maximum Gasteiger partial charge on any atom is 0.289 e. The maximum absolute atomic E-state index is 12.2. The number of aromatic nitrogens is 3. The van der Waals surface area contributed by atoms with Crippen molar-refractivity contribution in [2.24, 2.45) is 0 Å². The molecule has 2 N–H and O–H groups in total. The number of sulfonamides is 1. The van der Waals surface area contributed by atoms with Crippen molar-refractivity contribution in [1.29, 1.82) is 0 Å². The number of hydrogen-bond acceptors (Lipinski definition) is 6. The molecule has 0 bridgehead atoms. The lowest BCUT2D eigenvalue weighted by Crippen LogP contribution is -2.27. The quantitative estimate of drug-likeness (QED) is 0.591. The van der Waals surface area contributed by atoms with E-state index in [4.69, 9.17) is 0 Å².